The fraction of sp³-hybridized carbons (Fsp3) is 0.400. The van der Waals surface area contributed by atoms with E-state index in [9.17, 15) is 0 Å². The van der Waals surface area contributed by atoms with Gasteiger partial charge in [0, 0.05) is 24.3 Å². The predicted molar refractivity (Wildman–Crippen MR) is 79.5 cm³/mol. The standard InChI is InChI=1S/C15H20ClN3/c1-11-13(5-4-6-14(11)16)15(17-2)8-7-12-9-18-19(3)10-12/h4-6,9-10,15,17H,7-8H2,1-3H3. The quantitative estimate of drug-likeness (QED) is 0.909. The molecule has 1 N–H and O–H groups in total. The first kappa shape index (κ1) is 14.1. The first-order valence-corrected chi connectivity index (χ1v) is 6.89. The van der Waals surface area contributed by atoms with Crippen molar-refractivity contribution in [1.82, 2.24) is 15.1 Å². The molecule has 2 aromatic rings. The lowest BCUT2D eigenvalue weighted by Gasteiger charge is -2.19. The number of hydrogen-bond acceptors (Lipinski definition) is 2. The molecule has 1 aromatic heterocycles. The van der Waals surface area contributed by atoms with Gasteiger partial charge >= 0.3 is 0 Å². The van der Waals surface area contributed by atoms with Gasteiger partial charge in [-0.05, 0) is 49.6 Å². The van der Waals surface area contributed by atoms with Gasteiger partial charge < -0.3 is 5.32 Å². The maximum atomic E-state index is 6.19. The van der Waals surface area contributed by atoms with Crippen LogP contribution in [0.2, 0.25) is 5.02 Å². The van der Waals surface area contributed by atoms with Crippen molar-refractivity contribution in [2.24, 2.45) is 7.05 Å². The molecule has 4 heteroatoms. The Balaban J connectivity index is 2.09. The molecule has 0 fully saturated rings. The van der Waals surface area contributed by atoms with Crippen LogP contribution in [0.3, 0.4) is 0 Å². The van der Waals surface area contributed by atoms with E-state index in [-0.39, 0.29) is 0 Å². The fourth-order valence-corrected chi connectivity index (χ4v) is 2.55. The van der Waals surface area contributed by atoms with Gasteiger partial charge in [-0.25, -0.2) is 0 Å². The Morgan fingerprint density at radius 1 is 1.42 bits per heavy atom. The van der Waals surface area contributed by atoms with E-state index in [4.69, 9.17) is 11.6 Å². The molecule has 0 amide bonds. The second kappa shape index (κ2) is 6.22. The lowest BCUT2D eigenvalue weighted by atomic mass is 9.96. The largest absolute Gasteiger partial charge is 0.313 e. The van der Waals surface area contributed by atoms with Crippen molar-refractivity contribution in [3.05, 3.63) is 52.3 Å². The summed E-state index contributed by atoms with van der Waals surface area (Å²) < 4.78 is 1.84. The Labute approximate surface area is 119 Å². The van der Waals surface area contributed by atoms with E-state index in [2.05, 4.69) is 29.6 Å². The Kier molecular flexibility index (Phi) is 4.61. The highest BCUT2D eigenvalue weighted by Crippen LogP contribution is 2.26. The van der Waals surface area contributed by atoms with Gasteiger partial charge in [-0.1, -0.05) is 23.7 Å². The minimum absolute atomic E-state index is 0.318. The highest BCUT2D eigenvalue weighted by Gasteiger charge is 2.13. The van der Waals surface area contributed by atoms with Crippen LogP contribution in [0.15, 0.2) is 30.6 Å². The third-order valence-corrected chi connectivity index (χ3v) is 3.92. The van der Waals surface area contributed by atoms with Crippen molar-refractivity contribution < 1.29 is 0 Å². The summed E-state index contributed by atoms with van der Waals surface area (Å²) in [4.78, 5) is 0. The second-order valence-corrected chi connectivity index (χ2v) is 5.26. The average molecular weight is 278 g/mol. The Morgan fingerprint density at radius 2 is 2.21 bits per heavy atom. The molecule has 0 radical (unpaired) electrons. The van der Waals surface area contributed by atoms with E-state index in [1.165, 1.54) is 11.1 Å². The van der Waals surface area contributed by atoms with E-state index in [1.54, 1.807) is 0 Å². The smallest absolute Gasteiger partial charge is 0.0521 e. The van der Waals surface area contributed by atoms with E-state index in [1.807, 2.05) is 37.1 Å². The molecule has 1 aromatic carbocycles. The summed E-state index contributed by atoms with van der Waals surface area (Å²) in [5.74, 6) is 0. The number of nitrogens with one attached hydrogen (secondary N) is 1. The van der Waals surface area contributed by atoms with Crippen LogP contribution in [-0.2, 0) is 13.5 Å². The summed E-state index contributed by atoms with van der Waals surface area (Å²) in [5, 5.41) is 8.41. The molecule has 0 aliphatic heterocycles. The molecule has 102 valence electrons. The minimum atomic E-state index is 0.318. The van der Waals surface area contributed by atoms with E-state index in [0.29, 0.717) is 6.04 Å². The van der Waals surface area contributed by atoms with Gasteiger partial charge in [0.05, 0.1) is 6.20 Å². The van der Waals surface area contributed by atoms with Crippen molar-refractivity contribution in [2.75, 3.05) is 7.05 Å². The van der Waals surface area contributed by atoms with Crippen LogP contribution in [0.25, 0.3) is 0 Å². The molecule has 1 unspecified atom stereocenters. The van der Waals surface area contributed by atoms with Crippen molar-refractivity contribution >= 4 is 11.6 Å². The second-order valence-electron chi connectivity index (χ2n) is 4.86. The third-order valence-electron chi connectivity index (χ3n) is 3.51. The monoisotopic (exact) mass is 277 g/mol. The van der Waals surface area contributed by atoms with Crippen LogP contribution < -0.4 is 5.32 Å². The summed E-state index contributed by atoms with van der Waals surface area (Å²) in [6.45, 7) is 2.08. The lowest BCUT2D eigenvalue weighted by Crippen LogP contribution is -2.18. The third kappa shape index (κ3) is 3.37. The summed E-state index contributed by atoms with van der Waals surface area (Å²) in [6, 6.07) is 6.41. The highest BCUT2D eigenvalue weighted by molar-refractivity contribution is 6.31. The summed E-state index contributed by atoms with van der Waals surface area (Å²) >= 11 is 6.19. The van der Waals surface area contributed by atoms with Crippen molar-refractivity contribution in [2.45, 2.75) is 25.8 Å². The van der Waals surface area contributed by atoms with Crippen LogP contribution in [0.4, 0.5) is 0 Å². The minimum Gasteiger partial charge on any atom is -0.313 e. The van der Waals surface area contributed by atoms with Gasteiger partial charge in [-0.2, -0.15) is 5.10 Å². The maximum Gasteiger partial charge on any atom is 0.0521 e. The molecular weight excluding hydrogens is 258 g/mol. The van der Waals surface area contributed by atoms with Gasteiger partial charge in [-0.3, -0.25) is 4.68 Å². The van der Waals surface area contributed by atoms with E-state index in [0.717, 1.165) is 23.4 Å². The zero-order valence-electron chi connectivity index (χ0n) is 11.7. The summed E-state index contributed by atoms with van der Waals surface area (Å²) in [6.07, 6.45) is 6.03. The lowest BCUT2D eigenvalue weighted by molar-refractivity contribution is 0.546. The molecule has 0 bridgehead atoms. The Morgan fingerprint density at radius 3 is 2.84 bits per heavy atom. The molecule has 0 spiro atoms. The number of aromatic nitrogens is 2. The van der Waals surface area contributed by atoms with Gasteiger partial charge in [-0.15, -0.1) is 0 Å². The number of hydrogen-bond donors (Lipinski definition) is 1. The molecule has 2 rings (SSSR count). The van der Waals surface area contributed by atoms with Gasteiger partial charge in [0.15, 0.2) is 0 Å². The molecule has 1 heterocycles. The predicted octanol–water partition coefficient (Wildman–Crippen LogP) is 3.28. The summed E-state index contributed by atoms with van der Waals surface area (Å²) in [5.41, 5.74) is 3.70. The molecule has 0 saturated heterocycles. The fourth-order valence-electron chi connectivity index (χ4n) is 2.37. The molecule has 3 nitrogen and oxygen atoms in total. The maximum absolute atomic E-state index is 6.19. The first-order chi connectivity index (χ1) is 9.11. The normalized spacial score (nSPS) is 12.6. The zero-order valence-corrected chi connectivity index (χ0v) is 12.4. The number of aryl methyl sites for hydroxylation is 2. The topological polar surface area (TPSA) is 29.9 Å². The number of nitrogens with zero attached hydrogens (tertiary/aromatic N) is 2. The van der Waals surface area contributed by atoms with Crippen molar-refractivity contribution in [1.29, 1.82) is 0 Å². The van der Waals surface area contributed by atoms with Crippen LogP contribution in [0, 0.1) is 6.92 Å². The Hall–Kier alpha value is -1.32. The highest BCUT2D eigenvalue weighted by atomic mass is 35.5. The molecule has 1 atom stereocenters. The molecule has 0 saturated carbocycles. The molecule has 0 aliphatic carbocycles. The van der Waals surface area contributed by atoms with Gasteiger partial charge in [0.2, 0.25) is 0 Å². The molecule has 19 heavy (non-hydrogen) atoms. The van der Waals surface area contributed by atoms with Crippen molar-refractivity contribution in [3.63, 3.8) is 0 Å². The molecular formula is C15H20ClN3. The molecule has 0 aliphatic rings. The van der Waals surface area contributed by atoms with Gasteiger partial charge in [0.25, 0.3) is 0 Å². The SMILES string of the molecule is CNC(CCc1cnn(C)c1)c1cccc(Cl)c1C. The van der Waals surface area contributed by atoms with E-state index >= 15 is 0 Å². The van der Waals surface area contributed by atoms with Crippen LogP contribution >= 0.6 is 11.6 Å². The summed E-state index contributed by atoms with van der Waals surface area (Å²) in [7, 11) is 3.94. The van der Waals surface area contributed by atoms with E-state index < -0.39 is 0 Å². The average Bonchev–Trinajstić information content (AvgIpc) is 2.81. The van der Waals surface area contributed by atoms with Gasteiger partial charge in [0.1, 0.15) is 0 Å². The Bertz CT molecular complexity index is 548. The van der Waals surface area contributed by atoms with Crippen LogP contribution in [0.1, 0.15) is 29.2 Å². The van der Waals surface area contributed by atoms with Crippen molar-refractivity contribution in [3.8, 4) is 0 Å². The number of halogens is 1. The number of benzene rings is 1. The number of rotatable bonds is 5. The van der Waals surface area contributed by atoms with Crippen LogP contribution in [0.5, 0.6) is 0 Å². The van der Waals surface area contributed by atoms with Crippen LogP contribution in [-0.4, -0.2) is 16.8 Å². The first-order valence-electron chi connectivity index (χ1n) is 6.51. The zero-order chi connectivity index (χ0) is 13.8.